The van der Waals surface area contributed by atoms with Crippen molar-refractivity contribution in [1.82, 2.24) is 9.78 Å². The predicted molar refractivity (Wildman–Crippen MR) is 125 cm³/mol. The first-order valence-corrected chi connectivity index (χ1v) is 10.6. The van der Waals surface area contributed by atoms with Crippen LogP contribution in [0.4, 0.5) is 30.4 Å². The molecule has 0 spiro atoms. The van der Waals surface area contributed by atoms with Gasteiger partial charge in [-0.2, -0.15) is 18.3 Å². The number of nitrogens with zero attached hydrogens (tertiary/aromatic N) is 3. The quantitative estimate of drug-likeness (QED) is 0.263. The number of halogens is 7. The summed E-state index contributed by atoms with van der Waals surface area (Å²) in [6.07, 6.45) is -3.34. The molecule has 8 nitrogen and oxygen atoms in total. The van der Waals surface area contributed by atoms with Gasteiger partial charge in [0.05, 0.1) is 30.6 Å². The Bertz CT molecular complexity index is 1210. The Hall–Kier alpha value is -2.73. The smallest absolute Gasteiger partial charge is 0.378 e. The molecule has 0 saturated heterocycles. The maximum absolute atomic E-state index is 12.6. The lowest BCUT2D eigenvalue weighted by atomic mass is 10.2. The molecule has 0 fully saturated rings. The highest BCUT2D eigenvalue weighted by Crippen LogP contribution is 2.38. The molecular formula is C19H14Cl4F3N5O3. The Morgan fingerprint density at radius 2 is 1.71 bits per heavy atom. The minimum atomic E-state index is -4.63. The molecule has 3 rings (SSSR count). The summed E-state index contributed by atoms with van der Waals surface area (Å²) < 4.78 is 38.7. The molecule has 34 heavy (non-hydrogen) atoms. The van der Waals surface area contributed by atoms with Crippen molar-refractivity contribution in [2.45, 2.75) is 19.5 Å². The van der Waals surface area contributed by atoms with E-state index in [2.05, 4.69) is 10.4 Å². The van der Waals surface area contributed by atoms with Crippen LogP contribution in [0.1, 0.15) is 18.9 Å². The van der Waals surface area contributed by atoms with E-state index in [4.69, 9.17) is 52.1 Å². The van der Waals surface area contributed by atoms with Crippen LogP contribution >= 0.6 is 46.4 Å². The number of carbonyl (C=O) groups is 1. The first-order chi connectivity index (χ1) is 15.8. The van der Waals surface area contributed by atoms with Crippen LogP contribution in [0, 0.1) is 10.1 Å². The van der Waals surface area contributed by atoms with Crippen LogP contribution in [0.15, 0.2) is 36.5 Å². The van der Waals surface area contributed by atoms with Gasteiger partial charge in [0.25, 0.3) is 0 Å². The predicted octanol–water partition coefficient (Wildman–Crippen LogP) is 7.03. The molecule has 0 atom stereocenters. The lowest BCUT2D eigenvalue weighted by molar-refractivity contribution is -0.383. The van der Waals surface area contributed by atoms with Gasteiger partial charge in [0.15, 0.2) is 0 Å². The molecule has 0 radical (unpaired) electrons. The zero-order valence-corrected chi connectivity index (χ0v) is 20.0. The van der Waals surface area contributed by atoms with E-state index in [1.165, 1.54) is 0 Å². The molecule has 15 heteroatoms. The number of aromatic nitrogens is 2. The van der Waals surface area contributed by atoms with Crippen molar-refractivity contribution < 1.29 is 22.9 Å². The van der Waals surface area contributed by atoms with E-state index in [1.54, 1.807) is 25.1 Å². The number of anilines is 2. The minimum Gasteiger partial charge on any atom is -0.378 e. The van der Waals surface area contributed by atoms with Crippen molar-refractivity contribution in [2.75, 3.05) is 11.1 Å². The number of nitrogen functional groups attached to an aromatic ring is 1. The van der Waals surface area contributed by atoms with Gasteiger partial charge in [-0.1, -0.05) is 53.3 Å². The molecular weight excluding hydrogens is 545 g/mol. The maximum Gasteiger partial charge on any atom is 0.416 e. The van der Waals surface area contributed by atoms with E-state index in [9.17, 15) is 28.1 Å². The number of rotatable bonds is 4. The van der Waals surface area contributed by atoms with Crippen molar-refractivity contribution in [3.63, 3.8) is 0 Å². The first-order valence-electron chi connectivity index (χ1n) is 9.05. The summed E-state index contributed by atoms with van der Waals surface area (Å²) in [5.74, 6) is -0.443. The molecule has 3 aromatic rings. The summed E-state index contributed by atoms with van der Waals surface area (Å²) in [4.78, 5) is 20.9. The van der Waals surface area contributed by atoms with Crippen molar-refractivity contribution in [3.8, 4) is 5.69 Å². The summed E-state index contributed by atoms with van der Waals surface area (Å²) in [5.41, 5.74) is 4.45. The molecule has 0 saturated carbocycles. The zero-order chi connectivity index (χ0) is 25.8. The Labute approximate surface area is 210 Å². The van der Waals surface area contributed by atoms with Gasteiger partial charge < -0.3 is 11.1 Å². The number of nitro groups is 1. The second-order valence-electron chi connectivity index (χ2n) is 6.40. The van der Waals surface area contributed by atoms with Gasteiger partial charge in [-0.05, 0) is 30.3 Å². The van der Waals surface area contributed by atoms with Crippen molar-refractivity contribution in [3.05, 3.63) is 72.3 Å². The number of benzene rings is 2. The average molecular weight is 559 g/mol. The Balaban J connectivity index is 0.000000270. The van der Waals surface area contributed by atoms with Gasteiger partial charge in [-0.3, -0.25) is 14.9 Å². The van der Waals surface area contributed by atoms with Crippen LogP contribution in [0.5, 0.6) is 0 Å². The third-order valence-electron chi connectivity index (χ3n) is 4.06. The standard InChI is InChI=1S/C10H5Cl2F3N4O2.C9H9Cl2NO/c11-5-1-4(10(13,14)15)2-6(12)8(5)18-9(16)7(3-17-18)19(20)21;1-2-9(13)12-6-3-4-7(10)8(11)5-6/h1-3H,16H2;3-5H,2H2,1H3,(H,12,13). The molecule has 0 aliphatic heterocycles. The molecule has 1 amide bonds. The fraction of sp³-hybridized carbons (Fsp3) is 0.158. The van der Waals surface area contributed by atoms with Crippen LogP contribution in [0.3, 0.4) is 0 Å². The van der Waals surface area contributed by atoms with E-state index >= 15 is 0 Å². The van der Waals surface area contributed by atoms with Crippen LogP contribution in [-0.2, 0) is 11.0 Å². The van der Waals surface area contributed by atoms with Gasteiger partial charge in [-0.25, -0.2) is 4.68 Å². The first kappa shape index (κ1) is 27.5. The normalized spacial score (nSPS) is 10.9. The van der Waals surface area contributed by atoms with Crippen LogP contribution in [0.2, 0.25) is 20.1 Å². The molecule has 0 bridgehead atoms. The highest BCUT2D eigenvalue weighted by Gasteiger charge is 2.33. The summed E-state index contributed by atoms with van der Waals surface area (Å²) in [6, 6.07) is 6.25. The minimum absolute atomic E-state index is 0.0432. The molecule has 1 heterocycles. The van der Waals surface area contributed by atoms with Gasteiger partial charge in [-0.15, -0.1) is 0 Å². The number of nitrogens with one attached hydrogen (secondary N) is 1. The largest absolute Gasteiger partial charge is 0.416 e. The number of nitrogens with two attached hydrogens (primary N) is 1. The number of carbonyl (C=O) groups excluding carboxylic acids is 1. The SMILES string of the molecule is CCC(=O)Nc1ccc(Cl)c(Cl)c1.Nc1c([N+](=O)[O-])cnn1-c1c(Cl)cc(C(F)(F)F)cc1Cl. The zero-order valence-electron chi connectivity index (χ0n) is 17.0. The van der Waals surface area contributed by atoms with Gasteiger partial charge >= 0.3 is 11.9 Å². The number of hydrogen-bond donors (Lipinski definition) is 2. The van der Waals surface area contributed by atoms with E-state index in [1.807, 2.05) is 0 Å². The van der Waals surface area contributed by atoms with Crippen molar-refractivity contribution in [1.29, 1.82) is 0 Å². The van der Waals surface area contributed by atoms with E-state index in [0.717, 1.165) is 10.9 Å². The lowest BCUT2D eigenvalue weighted by Crippen LogP contribution is -2.09. The molecule has 1 aromatic heterocycles. The van der Waals surface area contributed by atoms with Crippen LogP contribution < -0.4 is 11.1 Å². The highest BCUT2D eigenvalue weighted by molar-refractivity contribution is 6.42. The van der Waals surface area contributed by atoms with Gasteiger partial charge in [0, 0.05) is 12.1 Å². The summed E-state index contributed by atoms with van der Waals surface area (Å²) in [6.45, 7) is 1.78. The Morgan fingerprint density at radius 1 is 1.12 bits per heavy atom. The fourth-order valence-corrected chi connectivity index (χ4v) is 3.37. The fourth-order valence-electron chi connectivity index (χ4n) is 2.42. The molecule has 3 N–H and O–H groups in total. The highest BCUT2D eigenvalue weighted by atomic mass is 35.5. The molecule has 0 aliphatic rings. The van der Waals surface area contributed by atoms with Crippen molar-refractivity contribution >= 4 is 69.5 Å². The number of alkyl halides is 3. The second-order valence-corrected chi connectivity index (χ2v) is 8.03. The van der Waals surface area contributed by atoms with Crippen LogP contribution in [-0.4, -0.2) is 20.6 Å². The van der Waals surface area contributed by atoms with Crippen LogP contribution in [0.25, 0.3) is 5.69 Å². The molecule has 2 aromatic carbocycles. The second kappa shape index (κ2) is 11.1. The van der Waals surface area contributed by atoms with E-state index in [-0.39, 0.29) is 21.6 Å². The average Bonchev–Trinajstić information content (AvgIpc) is 3.11. The van der Waals surface area contributed by atoms with Gasteiger partial charge in [0.1, 0.15) is 11.9 Å². The van der Waals surface area contributed by atoms with Gasteiger partial charge in [0.2, 0.25) is 11.7 Å². The summed E-state index contributed by atoms with van der Waals surface area (Å²) in [7, 11) is 0. The third-order valence-corrected chi connectivity index (χ3v) is 5.38. The lowest BCUT2D eigenvalue weighted by Gasteiger charge is -2.12. The molecule has 182 valence electrons. The summed E-state index contributed by atoms with van der Waals surface area (Å²) in [5, 5.41) is 17.1. The van der Waals surface area contributed by atoms with Crippen molar-refractivity contribution in [2.24, 2.45) is 0 Å². The molecule has 0 aliphatic carbocycles. The Morgan fingerprint density at radius 3 is 2.15 bits per heavy atom. The topological polar surface area (TPSA) is 116 Å². The maximum atomic E-state index is 12.6. The third kappa shape index (κ3) is 6.66. The monoisotopic (exact) mass is 557 g/mol. The van der Waals surface area contributed by atoms with E-state index < -0.39 is 28.2 Å². The number of hydrogen-bond acceptors (Lipinski definition) is 5. The molecule has 0 unspecified atom stereocenters. The Kier molecular flexibility index (Phi) is 9.01. The number of amides is 1. The van der Waals surface area contributed by atoms with E-state index in [0.29, 0.717) is 34.3 Å². The summed E-state index contributed by atoms with van der Waals surface area (Å²) >= 11 is 23.0.